The summed E-state index contributed by atoms with van der Waals surface area (Å²) in [5.41, 5.74) is 5.49. The molecule has 0 fully saturated rings. The molecule has 0 radical (unpaired) electrons. The molecule has 0 nitrogen and oxygen atoms in total. The molecule has 0 heterocycles. The fourth-order valence-electron chi connectivity index (χ4n) is 1.49. The zero-order valence-electron chi connectivity index (χ0n) is 10.4. The standard InChI is InChI=1S/C13H18.C2H4/c1-5-6-7-13-9-10(2)8-11(3)12(13)4;1-2/h6-9H,5H2,1-4H3;1-2H2/b7-6-;. The van der Waals surface area contributed by atoms with Crippen LogP contribution < -0.4 is 0 Å². The smallest absolute Gasteiger partial charge is 0.0225 e. The van der Waals surface area contributed by atoms with Crippen LogP contribution in [0.2, 0.25) is 0 Å². The van der Waals surface area contributed by atoms with Crippen LogP contribution in [0.5, 0.6) is 0 Å². The summed E-state index contributed by atoms with van der Waals surface area (Å²) < 4.78 is 0. The lowest BCUT2D eigenvalue weighted by Gasteiger charge is -2.06. The van der Waals surface area contributed by atoms with Gasteiger partial charge in [-0.2, -0.15) is 0 Å². The van der Waals surface area contributed by atoms with E-state index in [9.17, 15) is 0 Å². The van der Waals surface area contributed by atoms with E-state index in [4.69, 9.17) is 0 Å². The summed E-state index contributed by atoms with van der Waals surface area (Å²) in [5.74, 6) is 0. The Kier molecular flexibility index (Phi) is 6.44. The summed E-state index contributed by atoms with van der Waals surface area (Å²) in [7, 11) is 0. The second-order valence-corrected chi connectivity index (χ2v) is 3.61. The quantitative estimate of drug-likeness (QED) is 0.602. The van der Waals surface area contributed by atoms with E-state index < -0.39 is 0 Å². The van der Waals surface area contributed by atoms with Gasteiger partial charge in [-0.25, -0.2) is 0 Å². The number of rotatable bonds is 2. The van der Waals surface area contributed by atoms with E-state index >= 15 is 0 Å². The highest BCUT2D eigenvalue weighted by molar-refractivity contribution is 5.56. The zero-order chi connectivity index (χ0) is 11.8. The minimum Gasteiger partial charge on any atom is -0.106 e. The van der Waals surface area contributed by atoms with Crippen LogP contribution >= 0.6 is 0 Å². The molecule has 0 aliphatic carbocycles. The molecule has 0 saturated heterocycles. The second kappa shape index (κ2) is 7.05. The Labute approximate surface area is 94.3 Å². The average Bonchev–Trinajstić information content (AvgIpc) is 2.24. The maximum Gasteiger partial charge on any atom is -0.0225 e. The van der Waals surface area contributed by atoms with Gasteiger partial charge in [0.25, 0.3) is 0 Å². The van der Waals surface area contributed by atoms with Gasteiger partial charge in [0.05, 0.1) is 0 Å². The van der Waals surface area contributed by atoms with Crippen LogP contribution in [0, 0.1) is 20.8 Å². The van der Waals surface area contributed by atoms with Crippen molar-refractivity contribution in [1.29, 1.82) is 0 Å². The van der Waals surface area contributed by atoms with Crippen molar-refractivity contribution in [1.82, 2.24) is 0 Å². The Bertz CT molecular complexity index is 332. The Morgan fingerprint density at radius 2 is 1.73 bits per heavy atom. The lowest BCUT2D eigenvalue weighted by Crippen LogP contribution is -1.87. The molecule has 0 aliphatic rings. The number of allylic oxidation sites excluding steroid dienone is 1. The summed E-state index contributed by atoms with van der Waals surface area (Å²) in [6.45, 7) is 14.7. The first kappa shape index (κ1) is 13.7. The average molecular weight is 202 g/mol. The van der Waals surface area contributed by atoms with Gasteiger partial charge in [-0.1, -0.05) is 36.8 Å². The zero-order valence-corrected chi connectivity index (χ0v) is 10.4. The molecule has 0 unspecified atom stereocenters. The van der Waals surface area contributed by atoms with E-state index in [2.05, 4.69) is 65.1 Å². The molecule has 82 valence electrons. The van der Waals surface area contributed by atoms with Crippen LogP contribution in [0.15, 0.2) is 31.4 Å². The largest absolute Gasteiger partial charge is 0.106 e. The van der Waals surface area contributed by atoms with E-state index in [1.54, 1.807) is 0 Å². The van der Waals surface area contributed by atoms with E-state index in [0.717, 1.165) is 6.42 Å². The van der Waals surface area contributed by atoms with Crippen molar-refractivity contribution in [3.8, 4) is 0 Å². The van der Waals surface area contributed by atoms with E-state index in [1.807, 2.05) is 0 Å². The molecule has 0 aromatic heterocycles. The van der Waals surface area contributed by atoms with Gasteiger partial charge in [0, 0.05) is 0 Å². The number of hydrogen-bond acceptors (Lipinski definition) is 0. The molecule has 0 bridgehead atoms. The Morgan fingerprint density at radius 3 is 2.27 bits per heavy atom. The molecule has 0 saturated carbocycles. The molecule has 1 aromatic carbocycles. The molecule has 1 rings (SSSR count). The highest BCUT2D eigenvalue weighted by Crippen LogP contribution is 2.17. The topological polar surface area (TPSA) is 0 Å². The lowest BCUT2D eigenvalue weighted by atomic mass is 10.00. The molecule has 15 heavy (non-hydrogen) atoms. The molecule has 0 N–H and O–H groups in total. The van der Waals surface area contributed by atoms with Gasteiger partial charge in [-0.15, -0.1) is 13.2 Å². The number of hydrogen-bond donors (Lipinski definition) is 0. The third-order valence-electron chi connectivity index (χ3n) is 2.38. The van der Waals surface area contributed by atoms with Crippen molar-refractivity contribution in [3.05, 3.63) is 53.6 Å². The van der Waals surface area contributed by atoms with Gasteiger partial charge in [0.1, 0.15) is 0 Å². The van der Waals surface area contributed by atoms with Gasteiger partial charge < -0.3 is 0 Å². The predicted octanol–water partition coefficient (Wildman–Crippen LogP) is 4.84. The minimum atomic E-state index is 1.10. The third-order valence-corrected chi connectivity index (χ3v) is 2.38. The van der Waals surface area contributed by atoms with Crippen LogP contribution in [0.25, 0.3) is 6.08 Å². The van der Waals surface area contributed by atoms with Crippen molar-refractivity contribution < 1.29 is 0 Å². The summed E-state index contributed by atoms with van der Waals surface area (Å²) in [4.78, 5) is 0. The third kappa shape index (κ3) is 4.16. The molecular weight excluding hydrogens is 180 g/mol. The SMILES string of the molecule is C=C.CC/C=C\c1cc(C)cc(C)c1C. The van der Waals surface area contributed by atoms with Crippen molar-refractivity contribution >= 4 is 6.08 Å². The van der Waals surface area contributed by atoms with Gasteiger partial charge in [0.15, 0.2) is 0 Å². The summed E-state index contributed by atoms with van der Waals surface area (Å²) in [5, 5.41) is 0. The Hall–Kier alpha value is -1.30. The lowest BCUT2D eigenvalue weighted by molar-refractivity contribution is 1.23. The molecule has 1 aromatic rings. The fraction of sp³-hybridized carbons (Fsp3) is 0.333. The van der Waals surface area contributed by atoms with Gasteiger partial charge >= 0.3 is 0 Å². The number of aryl methyl sites for hydroxylation is 2. The van der Waals surface area contributed by atoms with Crippen LogP contribution in [0.1, 0.15) is 35.6 Å². The molecule has 0 atom stereocenters. The van der Waals surface area contributed by atoms with Crippen molar-refractivity contribution in [2.24, 2.45) is 0 Å². The first-order chi connectivity index (χ1) is 7.15. The van der Waals surface area contributed by atoms with Gasteiger partial charge in [0.2, 0.25) is 0 Å². The summed E-state index contributed by atoms with van der Waals surface area (Å²) >= 11 is 0. The van der Waals surface area contributed by atoms with E-state index in [0.29, 0.717) is 0 Å². The number of benzene rings is 1. The van der Waals surface area contributed by atoms with Crippen LogP contribution in [0.4, 0.5) is 0 Å². The maximum atomic E-state index is 3.00. The highest BCUT2D eigenvalue weighted by atomic mass is 14.0. The van der Waals surface area contributed by atoms with Crippen molar-refractivity contribution in [3.63, 3.8) is 0 Å². The maximum absolute atomic E-state index is 3.00. The molecule has 0 heteroatoms. The molecule has 0 amide bonds. The molecular formula is C15H22. The second-order valence-electron chi connectivity index (χ2n) is 3.61. The predicted molar refractivity (Wildman–Crippen MR) is 71.2 cm³/mol. The van der Waals surface area contributed by atoms with Crippen LogP contribution in [0.3, 0.4) is 0 Å². The van der Waals surface area contributed by atoms with Gasteiger partial charge in [-0.05, 0) is 43.9 Å². The summed E-state index contributed by atoms with van der Waals surface area (Å²) in [6.07, 6.45) is 5.53. The highest BCUT2D eigenvalue weighted by Gasteiger charge is 1.98. The minimum absolute atomic E-state index is 1.10. The van der Waals surface area contributed by atoms with Crippen molar-refractivity contribution in [2.75, 3.05) is 0 Å². The Balaban J connectivity index is 0.000000921. The van der Waals surface area contributed by atoms with E-state index in [1.165, 1.54) is 22.3 Å². The van der Waals surface area contributed by atoms with E-state index in [-0.39, 0.29) is 0 Å². The normalized spacial score (nSPS) is 9.87. The molecule has 0 spiro atoms. The molecule has 0 aliphatic heterocycles. The van der Waals surface area contributed by atoms with Crippen LogP contribution in [-0.4, -0.2) is 0 Å². The monoisotopic (exact) mass is 202 g/mol. The van der Waals surface area contributed by atoms with Crippen molar-refractivity contribution in [2.45, 2.75) is 34.1 Å². The first-order valence-corrected chi connectivity index (χ1v) is 5.39. The fourth-order valence-corrected chi connectivity index (χ4v) is 1.49. The summed E-state index contributed by atoms with van der Waals surface area (Å²) in [6, 6.07) is 4.48. The van der Waals surface area contributed by atoms with Gasteiger partial charge in [-0.3, -0.25) is 0 Å². The van der Waals surface area contributed by atoms with Crippen LogP contribution in [-0.2, 0) is 0 Å². The Morgan fingerprint density at radius 1 is 1.13 bits per heavy atom. The first-order valence-electron chi connectivity index (χ1n) is 5.39.